The van der Waals surface area contributed by atoms with Crippen LogP contribution in [0.2, 0.25) is 0 Å². The highest BCUT2D eigenvalue weighted by atomic mass is 16.2. The summed E-state index contributed by atoms with van der Waals surface area (Å²) < 4.78 is 0. The van der Waals surface area contributed by atoms with Crippen molar-refractivity contribution in [2.24, 2.45) is 11.8 Å². The van der Waals surface area contributed by atoms with Gasteiger partial charge in [0.05, 0.1) is 0 Å². The van der Waals surface area contributed by atoms with Crippen LogP contribution in [0.5, 0.6) is 0 Å². The van der Waals surface area contributed by atoms with Crippen molar-refractivity contribution in [1.29, 1.82) is 0 Å². The lowest BCUT2D eigenvalue weighted by atomic mass is 9.93. The Morgan fingerprint density at radius 3 is 2.52 bits per heavy atom. The molecule has 2 saturated heterocycles. The van der Waals surface area contributed by atoms with Gasteiger partial charge in [-0.1, -0.05) is 6.92 Å². The van der Waals surface area contributed by atoms with Gasteiger partial charge < -0.3 is 15.1 Å². The Kier molecular flexibility index (Phi) is 4.88. The number of likely N-dealkylation sites (tertiary alicyclic amines) is 1. The largest absolute Gasteiger partial charge is 0.342 e. The van der Waals surface area contributed by atoms with Gasteiger partial charge in [0.15, 0.2) is 0 Å². The molecule has 3 fully saturated rings. The fraction of sp³-hybridized carbons (Fsp3) is 0.737. The smallest absolute Gasteiger partial charge is 0.225 e. The Bertz CT molecular complexity index is 594. The molecule has 4 rings (SSSR count). The van der Waals surface area contributed by atoms with Crippen LogP contribution in [-0.2, 0) is 11.3 Å². The molecule has 3 heterocycles. The van der Waals surface area contributed by atoms with Gasteiger partial charge in [-0.25, -0.2) is 9.97 Å². The van der Waals surface area contributed by atoms with Gasteiger partial charge in [-0.3, -0.25) is 4.79 Å². The first-order valence-electron chi connectivity index (χ1n) is 9.79. The lowest BCUT2D eigenvalue weighted by Gasteiger charge is -2.37. The quantitative estimate of drug-likeness (QED) is 0.883. The third-order valence-electron chi connectivity index (χ3n) is 5.79. The second-order valence-corrected chi connectivity index (χ2v) is 7.90. The van der Waals surface area contributed by atoms with E-state index in [1.807, 2.05) is 12.4 Å². The van der Waals surface area contributed by atoms with Gasteiger partial charge in [0, 0.05) is 62.6 Å². The van der Waals surface area contributed by atoms with E-state index in [2.05, 4.69) is 32.0 Å². The number of rotatable bonds is 5. The molecule has 1 saturated carbocycles. The lowest BCUT2D eigenvalue weighted by Crippen LogP contribution is -2.50. The van der Waals surface area contributed by atoms with Crippen LogP contribution in [0.15, 0.2) is 12.4 Å². The van der Waals surface area contributed by atoms with E-state index in [9.17, 15) is 4.79 Å². The molecular weight excluding hydrogens is 314 g/mol. The summed E-state index contributed by atoms with van der Waals surface area (Å²) in [5.74, 6) is 2.07. The zero-order valence-electron chi connectivity index (χ0n) is 15.2. The first-order chi connectivity index (χ1) is 12.2. The molecule has 1 aromatic rings. The van der Waals surface area contributed by atoms with Crippen LogP contribution >= 0.6 is 0 Å². The molecule has 1 N–H and O–H groups in total. The second-order valence-electron chi connectivity index (χ2n) is 7.90. The van der Waals surface area contributed by atoms with Crippen molar-refractivity contribution in [2.75, 3.05) is 31.1 Å². The van der Waals surface area contributed by atoms with Crippen molar-refractivity contribution in [3.05, 3.63) is 18.0 Å². The molecule has 1 amide bonds. The van der Waals surface area contributed by atoms with Crippen molar-refractivity contribution >= 4 is 11.9 Å². The Labute approximate surface area is 150 Å². The molecule has 2 atom stereocenters. The van der Waals surface area contributed by atoms with Crippen LogP contribution < -0.4 is 10.2 Å². The van der Waals surface area contributed by atoms with Crippen LogP contribution in [0.25, 0.3) is 0 Å². The number of carbonyl (C=O) groups is 1. The second kappa shape index (κ2) is 7.28. The van der Waals surface area contributed by atoms with E-state index in [-0.39, 0.29) is 0 Å². The van der Waals surface area contributed by atoms with Crippen molar-refractivity contribution in [3.8, 4) is 0 Å². The number of hydrogen-bond acceptors (Lipinski definition) is 5. The van der Waals surface area contributed by atoms with Crippen LogP contribution in [0.1, 0.15) is 44.6 Å². The highest BCUT2D eigenvalue weighted by molar-refractivity contribution is 5.81. The highest BCUT2D eigenvalue weighted by Gasteiger charge is 2.36. The van der Waals surface area contributed by atoms with Crippen LogP contribution in [0, 0.1) is 11.8 Å². The zero-order chi connectivity index (χ0) is 17.2. The minimum absolute atomic E-state index is 0.336. The van der Waals surface area contributed by atoms with Gasteiger partial charge in [0.2, 0.25) is 11.9 Å². The summed E-state index contributed by atoms with van der Waals surface area (Å²) in [6, 6.07) is 0.460. The average Bonchev–Trinajstić information content (AvgIpc) is 3.35. The van der Waals surface area contributed by atoms with Crippen molar-refractivity contribution in [3.63, 3.8) is 0 Å². The zero-order valence-corrected chi connectivity index (χ0v) is 15.2. The monoisotopic (exact) mass is 343 g/mol. The van der Waals surface area contributed by atoms with Crippen molar-refractivity contribution in [1.82, 2.24) is 20.2 Å². The Hall–Kier alpha value is -1.69. The normalized spacial score (nSPS) is 26.9. The first-order valence-corrected chi connectivity index (χ1v) is 9.79. The Morgan fingerprint density at radius 2 is 1.88 bits per heavy atom. The SMILES string of the molecule is C[C@@H]1CN(C(=O)C2CC2)CC[C@H]1NCc1cnc(N2CCCC2)nc1. The predicted molar refractivity (Wildman–Crippen MR) is 97.2 cm³/mol. The molecule has 136 valence electrons. The van der Waals surface area contributed by atoms with E-state index in [1.54, 1.807) is 0 Å². The Morgan fingerprint density at radius 1 is 1.16 bits per heavy atom. The average molecular weight is 343 g/mol. The van der Waals surface area contributed by atoms with Gasteiger partial charge in [-0.15, -0.1) is 0 Å². The molecule has 1 aliphatic carbocycles. The molecule has 2 aliphatic heterocycles. The summed E-state index contributed by atoms with van der Waals surface area (Å²) in [4.78, 5) is 25.6. The number of amides is 1. The molecular formula is C19H29N5O. The van der Waals surface area contributed by atoms with Crippen molar-refractivity contribution < 1.29 is 4.79 Å². The fourth-order valence-corrected chi connectivity index (χ4v) is 4.01. The number of aromatic nitrogens is 2. The van der Waals surface area contributed by atoms with E-state index in [0.29, 0.717) is 23.8 Å². The molecule has 0 bridgehead atoms. The fourth-order valence-electron chi connectivity index (χ4n) is 4.01. The molecule has 0 unspecified atom stereocenters. The maximum atomic E-state index is 12.2. The topological polar surface area (TPSA) is 61.4 Å². The molecule has 0 radical (unpaired) electrons. The van der Waals surface area contributed by atoms with Crippen LogP contribution in [-0.4, -0.2) is 53.0 Å². The van der Waals surface area contributed by atoms with Gasteiger partial charge in [0.25, 0.3) is 0 Å². The molecule has 3 aliphatic rings. The van der Waals surface area contributed by atoms with Crippen LogP contribution in [0.3, 0.4) is 0 Å². The third-order valence-corrected chi connectivity index (χ3v) is 5.79. The maximum absolute atomic E-state index is 12.2. The number of hydrogen-bond donors (Lipinski definition) is 1. The van der Waals surface area contributed by atoms with Gasteiger partial charge in [0.1, 0.15) is 0 Å². The molecule has 0 aromatic carbocycles. The van der Waals surface area contributed by atoms with Gasteiger partial charge >= 0.3 is 0 Å². The molecule has 6 nitrogen and oxygen atoms in total. The molecule has 0 spiro atoms. The van der Waals surface area contributed by atoms with Gasteiger partial charge in [-0.05, 0) is 38.0 Å². The summed E-state index contributed by atoms with van der Waals surface area (Å²) in [7, 11) is 0. The minimum Gasteiger partial charge on any atom is -0.342 e. The van der Waals surface area contributed by atoms with Gasteiger partial charge in [-0.2, -0.15) is 0 Å². The highest BCUT2D eigenvalue weighted by Crippen LogP contribution is 2.32. The molecule has 25 heavy (non-hydrogen) atoms. The van der Waals surface area contributed by atoms with Crippen molar-refractivity contribution in [2.45, 2.75) is 51.6 Å². The first kappa shape index (κ1) is 16.8. The molecule has 6 heteroatoms. The summed E-state index contributed by atoms with van der Waals surface area (Å²) >= 11 is 0. The predicted octanol–water partition coefficient (Wildman–Crippen LogP) is 1.81. The number of carbonyl (C=O) groups excluding carboxylic acids is 1. The summed E-state index contributed by atoms with van der Waals surface area (Å²) in [6.07, 6.45) is 9.61. The maximum Gasteiger partial charge on any atom is 0.225 e. The van der Waals surface area contributed by atoms with E-state index in [0.717, 1.165) is 63.5 Å². The van der Waals surface area contributed by atoms with E-state index < -0.39 is 0 Å². The molecule has 1 aromatic heterocycles. The number of nitrogens with one attached hydrogen (secondary N) is 1. The Balaban J connectivity index is 1.26. The lowest BCUT2D eigenvalue weighted by molar-refractivity contribution is -0.134. The summed E-state index contributed by atoms with van der Waals surface area (Å²) in [5, 5.41) is 3.65. The number of nitrogens with zero attached hydrogens (tertiary/aromatic N) is 4. The van der Waals surface area contributed by atoms with Crippen LogP contribution in [0.4, 0.5) is 5.95 Å². The van der Waals surface area contributed by atoms with E-state index in [1.165, 1.54) is 12.8 Å². The third kappa shape index (κ3) is 3.94. The standard InChI is InChI=1S/C19H29N5O/c1-14-13-24(18(25)16-4-5-16)9-6-17(14)20-10-15-11-21-19(22-12-15)23-7-2-3-8-23/h11-12,14,16-17,20H,2-10,13H2,1H3/t14-,17-/m1/s1. The van der Waals surface area contributed by atoms with E-state index >= 15 is 0 Å². The summed E-state index contributed by atoms with van der Waals surface area (Å²) in [6.45, 7) is 6.97. The number of anilines is 1. The minimum atomic E-state index is 0.336. The number of piperidine rings is 1. The van der Waals surface area contributed by atoms with E-state index in [4.69, 9.17) is 0 Å². The summed E-state index contributed by atoms with van der Waals surface area (Å²) in [5.41, 5.74) is 1.13.